The first-order valence-corrected chi connectivity index (χ1v) is 9.18. The van der Waals surface area contributed by atoms with Gasteiger partial charge in [-0.05, 0) is 25.5 Å². The van der Waals surface area contributed by atoms with E-state index >= 15 is 0 Å². The molecule has 1 aliphatic rings. The van der Waals surface area contributed by atoms with Crippen LogP contribution < -0.4 is 5.32 Å². The summed E-state index contributed by atoms with van der Waals surface area (Å²) in [5.74, 6) is 0.0232. The number of nitrogens with one attached hydrogen (secondary N) is 1. The molecule has 1 aromatic heterocycles. The Morgan fingerprint density at radius 2 is 2.30 bits per heavy atom. The van der Waals surface area contributed by atoms with Crippen molar-refractivity contribution in [1.29, 1.82) is 0 Å². The molecule has 3 rings (SSSR count). The van der Waals surface area contributed by atoms with Gasteiger partial charge in [0.2, 0.25) is 0 Å². The first kappa shape index (κ1) is 16.4. The van der Waals surface area contributed by atoms with Gasteiger partial charge >= 0.3 is 0 Å². The predicted molar refractivity (Wildman–Crippen MR) is 95.2 cm³/mol. The van der Waals surface area contributed by atoms with E-state index in [0.29, 0.717) is 10.7 Å². The highest BCUT2D eigenvalue weighted by Crippen LogP contribution is 2.30. The molecule has 0 radical (unpaired) electrons. The molecule has 2 aromatic rings. The van der Waals surface area contributed by atoms with Crippen molar-refractivity contribution in [3.8, 4) is 10.6 Å². The number of aromatic nitrogens is 1. The fourth-order valence-electron chi connectivity index (χ4n) is 2.87. The highest BCUT2D eigenvalue weighted by atomic mass is 35.5. The van der Waals surface area contributed by atoms with Crippen molar-refractivity contribution in [2.24, 2.45) is 0 Å². The van der Waals surface area contributed by atoms with E-state index < -0.39 is 0 Å². The molecular weight excluding hydrogens is 330 g/mol. The van der Waals surface area contributed by atoms with Crippen molar-refractivity contribution in [1.82, 2.24) is 15.2 Å². The molecule has 0 aliphatic carbocycles. The lowest BCUT2D eigenvalue weighted by Crippen LogP contribution is -2.42. The van der Waals surface area contributed by atoms with Crippen LogP contribution in [0, 0.1) is 0 Å². The summed E-state index contributed by atoms with van der Waals surface area (Å²) in [5.41, 5.74) is 1.40. The summed E-state index contributed by atoms with van der Waals surface area (Å²) >= 11 is 7.69. The highest BCUT2D eigenvalue weighted by Gasteiger charge is 2.28. The van der Waals surface area contributed by atoms with E-state index in [1.807, 2.05) is 34.5 Å². The van der Waals surface area contributed by atoms with Gasteiger partial charge in [0.25, 0.3) is 5.91 Å². The summed E-state index contributed by atoms with van der Waals surface area (Å²) in [7, 11) is 0. The highest BCUT2D eigenvalue weighted by molar-refractivity contribution is 7.13. The molecule has 4 nitrogen and oxygen atoms in total. The van der Waals surface area contributed by atoms with Crippen molar-refractivity contribution >= 4 is 28.8 Å². The largest absolute Gasteiger partial charge is 0.333 e. The zero-order chi connectivity index (χ0) is 16.2. The van der Waals surface area contributed by atoms with E-state index in [0.717, 1.165) is 43.0 Å². The van der Waals surface area contributed by atoms with Crippen molar-refractivity contribution in [3.63, 3.8) is 0 Å². The van der Waals surface area contributed by atoms with Crippen LogP contribution in [0.2, 0.25) is 5.02 Å². The van der Waals surface area contributed by atoms with E-state index in [2.05, 4.69) is 17.2 Å². The average molecular weight is 350 g/mol. The minimum Gasteiger partial charge on any atom is -0.333 e. The van der Waals surface area contributed by atoms with Crippen LogP contribution in [0.4, 0.5) is 0 Å². The quantitative estimate of drug-likeness (QED) is 0.895. The van der Waals surface area contributed by atoms with E-state index in [9.17, 15) is 4.79 Å². The molecule has 1 amide bonds. The topological polar surface area (TPSA) is 45.2 Å². The molecule has 1 unspecified atom stereocenters. The van der Waals surface area contributed by atoms with Crippen LogP contribution in [-0.4, -0.2) is 41.5 Å². The summed E-state index contributed by atoms with van der Waals surface area (Å²) in [5, 5.41) is 6.62. The third-order valence-electron chi connectivity index (χ3n) is 4.03. The van der Waals surface area contributed by atoms with Gasteiger partial charge in [0, 0.05) is 30.1 Å². The minimum absolute atomic E-state index is 0.0232. The zero-order valence-electron chi connectivity index (χ0n) is 13.1. The number of amides is 1. The number of nitrogens with zero attached hydrogens (tertiary/aromatic N) is 2. The SMILES string of the molecule is CCCN(C(=O)c1csc(-c2ccccc2Cl)n1)C1CCNC1. The molecule has 6 heteroatoms. The second-order valence-electron chi connectivity index (χ2n) is 5.66. The Labute approximate surface area is 145 Å². The Balaban J connectivity index is 1.83. The number of rotatable bonds is 5. The molecule has 1 aromatic carbocycles. The lowest BCUT2D eigenvalue weighted by molar-refractivity contribution is 0.0687. The number of thiazole rings is 1. The predicted octanol–water partition coefficient (Wildman–Crippen LogP) is 3.68. The number of carbonyl (C=O) groups is 1. The smallest absolute Gasteiger partial charge is 0.273 e. The summed E-state index contributed by atoms with van der Waals surface area (Å²) in [6.07, 6.45) is 1.96. The monoisotopic (exact) mass is 349 g/mol. The number of benzene rings is 1. The van der Waals surface area contributed by atoms with Gasteiger partial charge in [-0.2, -0.15) is 0 Å². The normalized spacial score (nSPS) is 17.4. The van der Waals surface area contributed by atoms with Crippen LogP contribution in [0.25, 0.3) is 10.6 Å². The lowest BCUT2D eigenvalue weighted by Gasteiger charge is -2.27. The lowest BCUT2D eigenvalue weighted by atomic mass is 10.2. The molecule has 0 bridgehead atoms. The van der Waals surface area contributed by atoms with Gasteiger partial charge in [-0.15, -0.1) is 11.3 Å². The number of carbonyl (C=O) groups excluding carboxylic acids is 1. The first-order chi connectivity index (χ1) is 11.2. The maximum atomic E-state index is 12.9. The summed E-state index contributed by atoms with van der Waals surface area (Å²) < 4.78 is 0. The maximum absolute atomic E-state index is 12.9. The van der Waals surface area contributed by atoms with Gasteiger partial charge in [-0.1, -0.05) is 36.7 Å². The third kappa shape index (κ3) is 3.57. The number of hydrogen-bond acceptors (Lipinski definition) is 4. The molecule has 1 saturated heterocycles. The summed E-state index contributed by atoms with van der Waals surface area (Å²) in [6, 6.07) is 7.86. The fourth-order valence-corrected chi connectivity index (χ4v) is 3.99. The fraction of sp³-hybridized carbons (Fsp3) is 0.412. The molecule has 1 N–H and O–H groups in total. The second kappa shape index (κ2) is 7.43. The van der Waals surface area contributed by atoms with Crippen LogP contribution in [-0.2, 0) is 0 Å². The zero-order valence-corrected chi connectivity index (χ0v) is 14.7. The summed E-state index contributed by atoms with van der Waals surface area (Å²) in [4.78, 5) is 19.4. The number of halogens is 1. The van der Waals surface area contributed by atoms with E-state index in [4.69, 9.17) is 11.6 Å². The van der Waals surface area contributed by atoms with Crippen molar-refractivity contribution in [2.75, 3.05) is 19.6 Å². The van der Waals surface area contributed by atoms with Gasteiger partial charge in [0.15, 0.2) is 0 Å². The van der Waals surface area contributed by atoms with Crippen LogP contribution in [0.5, 0.6) is 0 Å². The van der Waals surface area contributed by atoms with Crippen molar-refractivity contribution in [2.45, 2.75) is 25.8 Å². The summed E-state index contributed by atoms with van der Waals surface area (Å²) in [6.45, 7) is 4.70. The maximum Gasteiger partial charge on any atom is 0.273 e. The van der Waals surface area contributed by atoms with Crippen LogP contribution >= 0.6 is 22.9 Å². The Hall–Kier alpha value is -1.43. The van der Waals surface area contributed by atoms with Crippen molar-refractivity contribution in [3.05, 3.63) is 40.4 Å². The minimum atomic E-state index is 0.0232. The van der Waals surface area contributed by atoms with Crippen LogP contribution in [0.3, 0.4) is 0 Å². The van der Waals surface area contributed by atoms with E-state index in [1.165, 1.54) is 11.3 Å². The third-order valence-corrected chi connectivity index (χ3v) is 5.23. The Morgan fingerprint density at radius 3 is 3.00 bits per heavy atom. The van der Waals surface area contributed by atoms with E-state index in [-0.39, 0.29) is 11.9 Å². The van der Waals surface area contributed by atoms with Gasteiger partial charge < -0.3 is 10.2 Å². The molecule has 23 heavy (non-hydrogen) atoms. The van der Waals surface area contributed by atoms with Gasteiger partial charge in [-0.3, -0.25) is 4.79 Å². The standard InChI is InChI=1S/C17H20ClN3OS/c1-2-9-21(12-7-8-19-10-12)17(22)15-11-23-16(20-15)13-5-3-4-6-14(13)18/h3-6,11-12,19H,2,7-10H2,1H3. The van der Waals surface area contributed by atoms with Crippen molar-refractivity contribution < 1.29 is 4.79 Å². The molecule has 2 heterocycles. The van der Waals surface area contributed by atoms with Gasteiger partial charge in [0.05, 0.1) is 5.02 Å². The molecule has 1 atom stereocenters. The Morgan fingerprint density at radius 1 is 1.48 bits per heavy atom. The molecule has 0 saturated carbocycles. The average Bonchev–Trinajstić information content (AvgIpc) is 3.24. The first-order valence-electron chi connectivity index (χ1n) is 7.92. The molecule has 1 fully saturated rings. The van der Waals surface area contributed by atoms with Gasteiger partial charge in [-0.25, -0.2) is 4.98 Å². The Kier molecular flexibility index (Phi) is 5.30. The van der Waals surface area contributed by atoms with E-state index in [1.54, 1.807) is 0 Å². The van der Waals surface area contributed by atoms with Gasteiger partial charge in [0.1, 0.15) is 10.7 Å². The molecular formula is C17H20ClN3OS. The van der Waals surface area contributed by atoms with Crippen LogP contribution in [0.1, 0.15) is 30.3 Å². The molecule has 0 spiro atoms. The molecule has 122 valence electrons. The molecule has 1 aliphatic heterocycles. The van der Waals surface area contributed by atoms with Crippen LogP contribution in [0.15, 0.2) is 29.6 Å². The Bertz CT molecular complexity index is 682. The second-order valence-corrected chi connectivity index (χ2v) is 6.93. The number of hydrogen-bond donors (Lipinski definition) is 1.